The summed E-state index contributed by atoms with van der Waals surface area (Å²) in [6.45, 7) is 0. The summed E-state index contributed by atoms with van der Waals surface area (Å²) in [4.78, 5) is 12.1. The molecule has 140 valence electrons. The van der Waals surface area contributed by atoms with Crippen molar-refractivity contribution >= 4 is 50.7 Å². The number of rotatable bonds is 8. The highest BCUT2D eigenvalue weighted by atomic mass is 35.5. The number of sulfonamides is 1. The van der Waals surface area contributed by atoms with Crippen molar-refractivity contribution in [2.24, 2.45) is 0 Å². The molecule has 0 aliphatic rings. The van der Waals surface area contributed by atoms with Crippen LogP contribution in [0.3, 0.4) is 0 Å². The molecule has 2 aromatic rings. The van der Waals surface area contributed by atoms with E-state index in [0.717, 1.165) is 11.8 Å². The molecule has 0 unspecified atom stereocenters. The second-order valence-corrected chi connectivity index (χ2v) is 8.63. The van der Waals surface area contributed by atoms with E-state index in [1.807, 2.05) is 18.2 Å². The first kappa shape index (κ1) is 20.4. The fraction of sp³-hybridized carbons (Fsp3) is 0.235. The molecular weight excluding hydrogens is 396 g/mol. The van der Waals surface area contributed by atoms with Gasteiger partial charge in [0.1, 0.15) is 5.75 Å². The second kappa shape index (κ2) is 9.16. The quantitative estimate of drug-likeness (QED) is 0.689. The van der Waals surface area contributed by atoms with Crippen LogP contribution in [0.4, 0.5) is 11.4 Å². The van der Waals surface area contributed by atoms with Gasteiger partial charge in [0.15, 0.2) is 0 Å². The number of methoxy groups -OCH3 is 1. The first-order valence-corrected chi connectivity index (χ1v) is 11.0. The third-order valence-electron chi connectivity index (χ3n) is 3.17. The van der Waals surface area contributed by atoms with Crippen molar-refractivity contribution in [1.82, 2.24) is 0 Å². The molecule has 2 aromatic carbocycles. The van der Waals surface area contributed by atoms with Gasteiger partial charge >= 0.3 is 0 Å². The van der Waals surface area contributed by atoms with Crippen LogP contribution >= 0.6 is 23.4 Å². The smallest absolute Gasteiger partial charge is 0.234 e. The van der Waals surface area contributed by atoms with Gasteiger partial charge in [0, 0.05) is 22.5 Å². The van der Waals surface area contributed by atoms with Crippen LogP contribution < -0.4 is 14.8 Å². The van der Waals surface area contributed by atoms with Gasteiger partial charge in [-0.05, 0) is 29.8 Å². The summed E-state index contributed by atoms with van der Waals surface area (Å²) in [7, 11) is -1.99. The van der Waals surface area contributed by atoms with Crippen LogP contribution in [0.15, 0.2) is 42.5 Å². The minimum Gasteiger partial charge on any atom is -0.494 e. The van der Waals surface area contributed by atoms with E-state index >= 15 is 0 Å². The number of ether oxygens (including phenoxy) is 1. The van der Waals surface area contributed by atoms with E-state index < -0.39 is 10.0 Å². The summed E-state index contributed by atoms with van der Waals surface area (Å²) in [5.41, 5.74) is 1.88. The maximum absolute atomic E-state index is 12.1. The van der Waals surface area contributed by atoms with Crippen molar-refractivity contribution in [3.63, 3.8) is 0 Å². The zero-order chi connectivity index (χ0) is 19.2. The van der Waals surface area contributed by atoms with Crippen LogP contribution in [0.1, 0.15) is 5.56 Å². The number of benzene rings is 2. The average Bonchev–Trinajstić information content (AvgIpc) is 2.55. The Morgan fingerprint density at radius 2 is 2.00 bits per heavy atom. The highest BCUT2D eigenvalue weighted by molar-refractivity contribution is 7.99. The first-order chi connectivity index (χ1) is 12.3. The highest BCUT2D eigenvalue weighted by Gasteiger charge is 2.10. The number of amides is 1. The Hall–Kier alpha value is -1.90. The van der Waals surface area contributed by atoms with E-state index in [9.17, 15) is 13.2 Å². The normalized spacial score (nSPS) is 11.0. The molecule has 0 radical (unpaired) electrons. The molecule has 9 heteroatoms. The van der Waals surface area contributed by atoms with Crippen LogP contribution in [-0.2, 0) is 20.6 Å². The molecule has 2 N–H and O–H groups in total. The Morgan fingerprint density at radius 3 is 2.65 bits per heavy atom. The number of nitrogens with one attached hydrogen (secondary N) is 2. The molecule has 0 saturated heterocycles. The molecule has 0 aromatic heterocycles. The average molecular weight is 415 g/mol. The Kier molecular flexibility index (Phi) is 7.19. The van der Waals surface area contributed by atoms with Gasteiger partial charge in [-0.25, -0.2) is 8.42 Å². The van der Waals surface area contributed by atoms with E-state index in [0.29, 0.717) is 27.9 Å². The van der Waals surface area contributed by atoms with E-state index in [4.69, 9.17) is 16.3 Å². The van der Waals surface area contributed by atoms with Crippen molar-refractivity contribution in [2.45, 2.75) is 5.75 Å². The number of hydrogen-bond acceptors (Lipinski definition) is 5. The maximum Gasteiger partial charge on any atom is 0.234 e. The Morgan fingerprint density at radius 1 is 1.23 bits per heavy atom. The standard InChI is InChI=1S/C17H19ClN2O4S2/c1-24-16-9-14(6-7-15(16)20-26(2,22)23)19-17(21)11-25-10-12-4-3-5-13(18)8-12/h3-9,20H,10-11H2,1-2H3,(H,19,21). The molecule has 0 aliphatic heterocycles. The largest absolute Gasteiger partial charge is 0.494 e. The molecule has 0 atom stereocenters. The topological polar surface area (TPSA) is 84.5 Å². The van der Waals surface area contributed by atoms with Gasteiger partial charge in [-0.1, -0.05) is 23.7 Å². The summed E-state index contributed by atoms with van der Waals surface area (Å²) in [6, 6.07) is 12.2. The Bertz CT molecular complexity index is 888. The summed E-state index contributed by atoms with van der Waals surface area (Å²) < 4.78 is 30.2. The van der Waals surface area contributed by atoms with E-state index in [-0.39, 0.29) is 11.7 Å². The van der Waals surface area contributed by atoms with Gasteiger partial charge in [-0.3, -0.25) is 9.52 Å². The number of thioether (sulfide) groups is 1. The van der Waals surface area contributed by atoms with Crippen molar-refractivity contribution in [2.75, 3.05) is 29.2 Å². The van der Waals surface area contributed by atoms with Gasteiger partial charge < -0.3 is 10.1 Å². The van der Waals surface area contributed by atoms with Crippen molar-refractivity contribution < 1.29 is 17.9 Å². The fourth-order valence-corrected chi connectivity index (χ4v) is 3.69. The molecule has 0 heterocycles. The van der Waals surface area contributed by atoms with Crippen molar-refractivity contribution in [3.8, 4) is 5.75 Å². The lowest BCUT2D eigenvalue weighted by Crippen LogP contribution is -2.15. The number of anilines is 2. The van der Waals surface area contributed by atoms with Gasteiger partial charge in [-0.2, -0.15) is 0 Å². The zero-order valence-electron chi connectivity index (χ0n) is 14.3. The van der Waals surface area contributed by atoms with Crippen LogP contribution in [0, 0.1) is 0 Å². The van der Waals surface area contributed by atoms with E-state index in [1.165, 1.54) is 24.9 Å². The van der Waals surface area contributed by atoms with Gasteiger partial charge in [0.2, 0.25) is 15.9 Å². The van der Waals surface area contributed by atoms with E-state index in [2.05, 4.69) is 10.0 Å². The van der Waals surface area contributed by atoms with Crippen molar-refractivity contribution in [1.29, 1.82) is 0 Å². The lowest BCUT2D eigenvalue weighted by atomic mass is 10.2. The predicted molar refractivity (Wildman–Crippen MR) is 108 cm³/mol. The molecule has 1 amide bonds. The monoisotopic (exact) mass is 414 g/mol. The summed E-state index contributed by atoms with van der Waals surface area (Å²) in [5, 5.41) is 3.43. The van der Waals surface area contributed by atoms with Crippen LogP contribution in [0.25, 0.3) is 0 Å². The highest BCUT2D eigenvalue weighted by Crippen LogP contribution is 2.28. The SMILES string of the molecule is COc1cc(NC(=O)CSCc2cccc(Cl)c2)ccc1NS(C)(=O)=O. The summed E-state index contributed by atoms with van der Waals surface area (Å²) >= 11 is 7.40. The number of halogens is 1. The summed E-state index contributed by atoms with van der Waals surface area (Å²) in [6.07, 6.45) is 1.05. The van der Waals surface area contributed by atoms with Crippen LogP contribution in [-0.4, -0.2) is 33.4 Å². The molecule has 2 rings (SSSR count). The number of hydrogen-bond donors (Lipinski definition) is 2. The third kappa shape index (κ3) is 6.78. The van der Waals surface area contributed by atoms with Gasteiger partial charge in [-0.15, -0.1) is 11.8 Å². The molecule has 0 fully saturated rings. The van der Waals surface area contributed by atoms with Gasteiger partial charge in [0.25, 0.3) is 0 Å². The lowest BCUT2D eigenvalue weighted by molar-refractivity contribution is -0.113. The third-order valence-corrected chi connectivity index (χ3v) is 5.00. The molecule has 0 aliphatic carbocycles. The predicted octanol–water partition coefficient (Wildman–Crippen LogP) is 3.59. The molecule has 0 saturated carbocycles. The first-order valence-electron chi connectivity index (χ1n) is 7.55. The minimum atomic E-state index is -3.42. The fourth-order valence-electron chi connectivity index (χ4n) is 2.14. The van der Waals surface area contributed by atoms with Crippen molar-refractivity contribution in [3.05, 3.63) is 53.1 Å². The number of carbonyl (C=O) groups is 1. The molecule has 0 bridgehead atoms. The van der Waals surface area contributed by atoms with Crippen LogP contribution in [0.5, 0.6) is 5.75 Å². The molecular formula is C17H19ClN2O4S2. The lowest BCUT2D eigenvalue weighted by Gasteiger charge is -2.12. The molecule has 26 heavy (non-hydrogen) atoms. The number of carbonyl (C=O) groups excluding carboxylic acids is 1. The summed E-state index contributed by atoms with van der Waals surface area (Å²) in [5.74, 6) is 1.11. The molecule has 6 nitrogen and oxygen atoms in total. The molecule has 0 spiro atoms. The Labute approximate surface area is 162 Å². The minimum absolute atomic E-state index is 0.164. The second-order valence-electron chi connectivity index (χ2n) is 5.46. The van der Waals surface area contributed by atoms with E-state index in [1.54, 1.807) is 18.2 Å². The van der Waals surface area contributed by atoms with Crippen LogP contribution in [0.2, 0.25) is 5.02 Å². The van der Waals surface area contributed by atoms with Gasteiger partial charge in [0.05, 0.1) is 24.8 Å². The Balaban J connectivity index is 1.92. The zero-order valence-corrected chi connectivity index (χ0v) is 16.7. The maximum atomic E-state index is 12.1.